The van der Waals surface area contributed by atoms with Gasteiger partial charge in [0.25, 0.3) is 5.91 Å². The predicted octanol–water partition coefficient (Wildman–Crippen LogP) is 2.66. The van der Waals surface area contributed by atoms with E-state index in [0.717, 1.165) is 11.1 Å². The Kier molecular flexibility index (Phi) is 4.28. The van der Waals surface area contributed by atoms with Crippen LogP contribution in [0.5, 0.6) is 0 Å². The number of amides is 1. The Bertz CT molecular complexity index is 589. The maximum Gasteiger partial charge on any atom is 0.251 e. The lowest BCUT2D eigenvalue weighted by Gasteiger charge is -2.10. The summed E-state index contributed by atoms with van der Waals surface area (Å²) in [7, 11) is 0. The van der Waals surface area contributed by atoms with Gasteiger partial charge in [0.1, 0.15) is 0 Å². The zero-order chi connectivity index (χ0) is 14.5. The molecule has 1 saturated heterocycles. The van der Waals surface area contributed by atoms with E-state index in [1.807, 2.05) is 42.5 Å². The van der Waals surface area contributed by atoms with Gasteiger partial charge in [0, 0.05) is 17.7 Å². The molecular weight excluding hydrogens is 266 g/mol. The maximum atomic E-state index is 12.1. The normalized spacial score (nSPS) is 15.0. The van der Waals surface area contributed by atoms with Crippen molar-refractivity contribution >= 4 is 5.91 Å². The highest BCUT2D eigenvalue weighted by atomic mass is 16.7. The summed E-state index contributed by atoms with van der Waals surface area (Å²) >= 11 is 0. The second-order valence-corrected chi connectivity index (χ2v) is 4.86. The van der Waals surface area contributed by atoms with Crippen molar-refractivity contribution in [2.45, 2.75) is 12.8 Å². The van der Waals surface area contributed by atoms with Crippen molar-refractivity contribution in [2.75, 3.05) is 13.2 Å². The van der Waals surface area contributed by atoms with E-state index in [-0.39, 0.29) is 12.2 Å². The largest absolute Gasteiger partial charge is 0.348 e. The Morgan fingerprint density at radius 3 is 2.33 bits per heavy atom. The molecule has 4 nitrogen and oxygen atoms in total. The van der Waals surface area contributed by atoms with Crippen LogP contribution in [0.2, 0.25) is 0 Å². The average molecular weight is 283 g/mol. The van der Waals surface area contributed by atoms with Crippen LogP contribution in [0.3, 0.4) is 0 Å². The van der Waals surface area contributed by atoms with Gasteiger partial charge in [-0.05, 0) is 17.7 Å². The fraction of sp³-hybridized carbons (Fsp3) is 0.235. The van der Waals surface area contributed by atoms with Crippen LogP contribution >= 0.6 is 0 Å². The van der Waals surface area contributed by atoms with E-state index in [0.29, 0.717) is 25.3 Å². The molecule has 0 aromatic heterocycles. The number of rotatable bonds is 4. The molecule has 0 atom stereocenters. The van der Waals surface area contributed by atoms with Crippen molar-refractivity contribution in [3.63, 3.8) is 0 Å². The minimum absolute atomic E-state index is 0.0846. The van der Waals surface area contributed by atoms with Gasteiger partial charge in [-0.1, -0.05) is 42.5 Å². The lowest BCUT2D eigenvalue weighted by molar-refractivity contribution is -0.0441. The highest BCUT2D eigenvalue weighted by molar-refractivity contribution is 5.94. The first-order valence-corrected chi connectivity index (χ1v) is 6.98. The minimum atomic E-state index is -0.300. The van der Waals surface area contributed by atoms with Gasteiger partial charge in [0.05, 0.1) is 13.2 Å². The molecule has 4 heteroatoms. The van der Waals surface area contributed by atoms with Gasteiger partial charge in [-0.2, -0.15) is 0 Å². The number of hydrogen-bond donors (Lipinski definition) is 1. The third-order valence-corrected chi connectivity index (χ3v) is 3.36. The lowest BCUT2D eigenvalue weighted by atomic mass is 10.1. The van der Waals surface area contributed by atoms with Gasteiger partial charge in [0.15, 0.2) is 6.29 Å². The lowest BCUT2D eigenvalue weighted by Crippen LogP contribution is -2.22. The molecule has 2 aromatic rings. The molecule has 21 heavy (non-hydrogen) atoms. The van der Waals surface area contributed by atoms with E-state index in [2.05, 4.69) is 5.32 Å². The summed E-state index contributed by atoms with van der Waals surface area (Å²) in [5.41, 5.74) is 2.65. The summed E-state index contributed by atoms with van der Waals surface area (Å²) in [5.74, 6) is -0.0846. The van der Waals surface area contributed by atoms with E-state index >= 15 is 0 Å². The van der Waals surface area contributed by atoms with Crippen molar-refractivity contribution in [3.8, 4) is 0 Å². The molecule has 1 aliphatic heterocycles. The van der Waals surface area contributed by atoms with Crippen LogP contribution in [0.1, 0.15) is 27.8 Å². The van der Waals surface area contributed by atoms with Crippen LogP contribution in [-0.2, 0) is 16.0 Å². The fourth-order valence-corrected chi connectivity index (χ4v) is 2.22. The number of ether oxygens (including phenoxy) is 2. The Morgan fingerprint density at radius 2 is 1.67 bits per heavy atom. The van der Waals surface area contributed by atoms with Crippen molar-refractivity contribution < 1.29 is 14.3 Å². The highest BCUT2D eigenvalue weighted by Gasteiger charge is 2.18. The molecule has 0 unspecified atom stereocenters. The number of carbonyl (C=O) groups is 1. The monoisotopic (exact) mass is 283 g/mol. The van der Waals surface area contributed by atoms with Crippen LogP contribution in [0.25, 0.3) is 0 Å². The Hall–Kier alpha value is -2.17. The van der Waals surface area contributed by atoms with Crippen molar-refractivity contribution in [1.82, 2.24) is 5.32 Å². The summed E-state index contributed by atoms with van der Waals surface area (Å²) in [6, 6.07) is 17.2. The second-order valence-electron chi connectivity index (χ2n) is 4.86. The fourth-order valence-electron chi connectivity index (χ4n) is 2.22. The predicted molar refractivity (Wildman–Crippen MR) is 78.7 cm³/mol. The zero-order valence-electron chi connectivity index (χ0n) is 11.6. The molecule has 3 rings (SSSR count). The molecule has 0 bridgehead atoms. The Labute approximate surface area is 123 Å². The van der Waals surface area contributed by atoms with Gasteiger partial charge < -0.3 is 14.8 Å². The topological polar surface area (TPSA) is 47.6 Å². The SMILES string of the molecule is O=C(NCc1ccccc1)c1ccc(C2OCCO2)cc1. The number of carbonyl (C=O) groups excluding carboxylic acids is 1. The molecule has 0 saturated carbocycles. The summed E-state index contributed by atoms with van der Waals surface area (Å²) in [6.45, 7) is 1.75. The zero-order valence-corrected chi connectivity index (χ0v) is 11.6. The average Bonchev–Trinajstić information content (AvgIpc) is 3.08. The summed E-state index contributed by atoms with van der Waals surface area (Å²) in [4.78, 5) is 12.1. The summed E-state index contributed by atoms with van der Waals surface area (Å²) in [5, 5.41) is 2.90. The number of benzene rings is 2. The molecule has 1 fully saturated rings. The third-order valence-electron chi connectivity index (χ3n) is 3.36. The van der Waals surface area contributed by atoms with E-state index in [1.54, 1.807) is 12.1 Å². The number of hydrogen-bond acceptors (Lipinski definition) is 3. The van der Waals surface area contributed by atoms with E-state index in [4.69, 9.17) is 9.47 Å². The van der Waals surface area contributed by atoms with Crippen LogP contribution in [0, 0.1) is 0 Å². The smallest absolute Gasteiger partial charge is 0.251 e. The van der Waals surface area contributed by atoms with Gasteiger partial charge in [0.2, 0.25) is 0 Å². The quantitative estimate of drug-likeness (QED) is 0.938. The van der Waals surface area contributed by atoms with Crippen molar-refractivity contribution in [3.05, 3.63) is 71.3 Å². The van der Waals surface area contributed by atoms with Crippen molar-refractivity contribution in [1.29, 1.82) is 0 Å². The molecular formula is C17H17NO3. The molecule has 0 radical (unpaired) electrons. The first-order chi connectivity index (χ1) is 10.3. The first kappa shape index (κ1) is 13.8. The van der Waals surface area contributed by atoms with Gasteiger partial charge in [-0.25, -0.2) is 0 Å². The first-order valence-electron chi connectivity index (χ1n) is 6.98. The molecule has 2 aromatic carbocycles. The third kappa shape index (κ3) is 3.48. The van der Waals surface area contributed by atoms with E-state index in [1.165, 1.54) is 0 Å². The molecule has 1 aliphatic rings. The minimum Gasteiger partial charge on any atom is -0.348 e. The van der Waals surface area contributed by atoms with Crippen LogP contribution in [-0.4, -0.2) is 19.1 Å². The Balaban J connectivity index is 1.59. The van der Waals surface area contributed by atoms with Crippen LogP contribution < -0.4 is 5.32 Å². The second kappa shape index (κ2) is 6.52. The Morgan fingerprint density at radius 1 is 1.00 bits per heavy atom. The standard InChI is InChI=1S/C17H17NO3/c19-16(18-12-13-4-2-1-3-5-13)14-6-8-15(9-7-14)17-20-10-11-21-17/h1-9,17H,10-12H2,(H,18,19). The molecule has 108 valence electrons. The van der Waals surface area contributed by atoms with Crippen LogP contribution in [0.15, 0.2) is 54.6 Å². The van der Waals surface area contributed by atoms with E-state index in [9.17, 15) is 4.79 Å². The summed E-state index contributed by atoms with van der Waals surface area (Å²) in [6.07, 6.45) is -0.300. The molecule has 1 heterocycles. The molecule has 1 amide bonds. The van der Waals surface area contributed by atoms with Gasteiger partial charge in [-0.15, -0.1) is 0 Å². The van der Waals surface area contributed by atoms with E-state index < -0.39 is 0 Å². The molecule has 1 N–H and O–H groups in total. The van der Waals surface area contributed by atoms with Gasteiger partial charge in [-0.3, -0.25) is 4.79 Å². The van der Waals surface area contributed by atoms with Crippen molar-refractivity contribution in [2.24, 2.45) is 0 Å². The maximum absolute atomic E-state index is 12.1. The molecule has 0 spiro atoms. The van der Waals surface area contributed by atoms with Gasteiger partial charge >= 0.3 is 0 Å². The summed E-state index contributed by atoms with van der Waals surface area (Å²) < 4.78 is 10.8. The molecule has 0 aliphatic carbocycles. The highest BCUT2D eigenvalue weighted by Crippen LogP contribution is 2.23. The number of nitrogens with one attached hydrogen (secondary N) is 1. The van der Waals surface area contributed by atoms with Crippen LogP contribution in [0.4, 0.5) is 0 Å².